The van der Waals surface area contributed by atoms with Crippen molar-refractivity contribution in [2.24, 2.45) is 0 Å². The van der Waals surface area contributed by atoms with Crippen molar-refractivity contribution in [1.29, 1.82) is 0 Å². The van der Waals surface area contributed by atoms with Crippen molar-refractivity contribution in [3.63, 3.8) is 0 Å². The Morgan fingerprint density at radius 1 is 0.704 bits per heavy atom. The quantitative estimate of drug-likeness (QED) is 0.686. The summed E-state index contributed by atoms with van der Waals surface area (Å²) in [4.78, 5) is -0.237. The summed E-state index contributed by atoms with van der Waals surface area (Å²) in [5, 5.41) is 0. The van der Waals surface area contributed by atoms with Crippen LogP contribution in [0, 0.1) is 0 Å². The first-order valence-electron chi connectivity index (χ1n) is 8.03. The fourth-order valence-corrected chi connectivity index (χ4v) is 4.88. The summed E-state index contributed by atoms with van der Waals surface area (Å²) in [5.74, 6) is 0. The average Bonchev–Trinajstić information content (AvgIpc) is 2.68. The lowest BCUT2D eigenvalue weighted by Crippen LogP contribution is -2.26. The van der Waals surface area contributed by atoms with Crippen molar-refractivity contribution < 1.29 is 16.8 Å². The second-order valence-electron chi connectivity index (χ2n) is 5.75. The van der Waals surface area contributed by atoms with Crippen LogP contribution in [-0.2, 0) is 20.0 Å². The van der Waals surface area contributed by atoms with Crippen LogP contribution in [0.15, 0.2) is 94.7 Å². The second-order valence-corrected chi connectivity index (χ2v) is 9.41. The van der Waals surface area contributed by atoms with Crippen LogP contribution in [0.3, 0.4) is 0 Å². The monoisotopic (exact) mass is 402 g/mol. The van der Waals surface area contributed by atoms with Crippen molar-refractivity contribution >= 4 is 31.4 Å². The summed E-state index contributed by atoms with van der Waals surface area (Å²) in [6, 6.07) is 22.2. The Morgan fingerprint density at radius 3 is 1.89 bits per heavy atom. The molecule has 0 spiro atoms. The number of anilines is 2. The van der Waals surface area contributed by atoms with Crippen molar-refractivity contribution in [3.8, 4) is 0 Å². The maximum absolute atomic E-state index is 12.9. The first kappa shape index (κ1) is 18.9. The third kappa shape index (κ3) is 4.12. The Morgan fingerprint density at radius 2 is 1.26 bits per heavy atom. The van der Waals surface area contributed by atoms with E-state index >= 15 is 0 Å². The fraction of sp³-hybridized carbons (Fsp3) is 0.0526. The highest BCUT2D eigenvalue weighted by atomic mass is 32.2. The molecule has 0 unspecified atom stereocenters. The molecule has 6 nitrogen and oxygen atoms in total. The predicted octanol–water partition coefficient (Wildman–Crippen LogP) is 3.31. The van der Waals surface area contributed by atoms with Gasteiger partial charge in [0.05, 0.1) is 15.5 Å². The van der Waals surface area contributed by atoms with Gasteiger partial charge in [0.2, 0.25) is 0 Å². The van der Waals surface area contributed by atoms with Gasteiger partial charge in [-0.05, 0) is 42.5 Å². The second kappa shape index (κ2) is 7.42. The normalized spacial score (nSPS) is 11.7. The number of para-hydroxylation sites is 2. The minimum atomic E-state index is -3.92. The van der Waals surface area contributed by atoms with Crippen LogP contribution in [0.4, 0.5) is 11.4 Å². The molecule has 8 heteroatoms. The van der Waals surface area contributed by atoms with Crippen LogP contribution in [0.1, 0.15) is 0 Å². The number of hydrogen-bond acceptors (Lipinski definition) is 4. The highest BCUT2D eigenvalue weighted by Gasteiger charge is 2.24. The van der Waals surface area contributed by atoms with E-state index in [-0.39, 0.29) is 9.79 Å². The molecule has 0 aliphatic rings. The SMILES string of the molecule is CN(c1ccccc1)S(=O)(=O)c1cccc(S(=O)(=O)Nc2ccccc2)c1. The van der Waals surface area contributed by atoms with Crippen molar-refractivity contribution in [1.82, 2.24) is 0 Å². The van der Waals surface area contributed by atoms with Crippen LogP contribution >= 0.6 is 0 Å². The van der Waals surface area contributed by atoms with E-state index in [2.05, 4.69) is 4.72 Å². The van der Waals surface area contributed by atoms with E-state index in [0.717, 1.165) is 10.4 Å². The highest BCUT2D eigenvalue weighted by molar-refractivity contribution is 7.93. The lowest BCUT2D eigenvalue weighted by Gasteiger charge is -2.19. The van der Waals surface area contributed by atoms with Gasteiger partial charge in [0.1, 0.15) is 0 Å². The molecule has 0 atom stereocenters. The van der Waals surface area contributed by atoms with Gasteiger partial charge < -0.3 is 0 Å². The van der Waals surface area contributed by atoms with Gasteiger partial charge in [-0.15, -0.1) is 0 Å². The molecule has 27 heavy (non-hydrogen) atoms. The van der Waals surface area contributed by atoms with Crippen molar-refractivity contribution in [2.75, 3.05) is 16.1 Å². The fourth-order valence-electron chi connectivity index (χ4n) is 2.46. The topological polar surface area (TPSA) is 83.6 Å². The van der Waals surface area contributed by atoms with E-state index in [1.54, 1.807) is 60.7 Å². The van der Waals surface area contributed by atoms with Gasteiger partial charge in [-0.25, -0.2) is 16.8 Å². The van der Waals surface area contributed by atoms with Crippen LogP contribution < -0.4 is 9.03 Å². The average molecular weight is 402 g/mol. The summed E-state index contributed by atoms with van der Waals surface area (Å²) in [5.41, 5.74) is 0.875. The molecule has 0 saturated heterocycles. The summed E-state index contributed by atoms with van der Waals surface area (Å²) < 4.78 is 54.5. The molecule has 0 aliphatic heterocycles. The number of benzene rings is 3. The molecule has 0 amide bonds. The van der Waals surface area contributed by atoms with Crippen molar-refractivity contribution in [3.05, 3.63) is 84.9 Å². The Balaban J connectivity index is 1.95. The largest absolute Gasteiger partial charge is 0.280 e. The Bertz CT molecular complexity index is 1130. The smallest absolute Gasteiger partial charge is 0.264 e. The molecule has 0 heterocycles. The predicted molar refractivity (Wildman–Crippen MR) is 106 cm³/mol. The van der Waals surface area contributed by atoms with Crippen LogP contribution in [-0.4, -0.2) is 23.9 Å². The van der Waals surface area contributed by atoms with E-state index in [0.29, 0.717) is 11.4 Å². The van der Waals surface area contributed by atoms with Gasteiger partial charge in [-0.2, -0.15) is 0 Å². The molecule has 0 saturated carbocycles. The van der Waals surface area contributed by atoms with E-state index in [1.807, 2.05) is 0 Å². The third-order valence-electron chi connectivity index (χ3n) is 3.92. The maximum atomic E-state index is 12.9. The molecule has 3 aromatic carbocycles. The zero-order valence-corrected chi connectivity index (χ0v) is 16.1. The molecular formula is C19H18N2O4S2. The maximum Gasteiger partial charge on any atom is 0.264 e. The summed E-state index contributed by atoms with van der Waals surface area (Å²) in [6.07, 6.45) is 0. The Labute approximate surface area is 159 Å². The van der Waals surface area contributed by atoms with Gasteiger partial charge in [0.15, 0.2) is 0 Å². The number of nitrogens with zero attached hydrogens (tertiary/aromatic N) is 1. The van der Waals surface area contributed by atoms with Crippen LogP contribution in [0.2, 0.25) is 0 Å². The standard InChI is InChI=1S/C19H18N2O4S2/c1-21(17-11-6-3-7-12-17)27(24,25)19-14-8-13-18(15-19)26(22,23)20-16-9-4-2-5-10-16/h2-15,20H,1H3. The lowest BCUT2D eigenvalue weighted by molar-refractivity contribution is 0.593. The Kier molecular flexibility index (Phi) is 5.20. The number of hydrogen-bond donors (Lipinski definition) is 1. The number of nitrogens with one attached hydrogen (secondary N) is 1. The van der Waals surface area contributed by atoms with Crippen LogP contribution in [0.5, 0.6) is 0 Å². The zero-order valence-electron chi connectivity index (χ0n) is 14.5. The molecule has 0 aromatic heterocycles. The van der Waals surface area contributed by atoms with E-state index in [4.69, 9.17) is 0 Å². The zero-order chi connectivity index (χ0) is 19.5. The molecule has 3 rings (SSSR count). The first-order chi connectivity index (χ1) is 12.8. The molecule has 3 aromatic rings. The van der Waals surface area contributed by atoms with Crippen LogP contribution in [0.25, 0.3) is 0 Å². The molecule has 1 N–H and O–H groups in total. The van der Waals surface area contributed by atoms with Gasteiger partial charge in [0.25, 0.3) is 20.0 Å². The summed E-state index contributed by atoms with van der Waals surface area (Å²) in [6.45, 7) is 0. The number of rotatable bonds is 6. The third-order valence-corrected chi connectivity index (χ3v) is 7.08. The Hall–Kier alpha value is -2.84. The van der Waals surface area contributed by atoms with Crippen molar-refractivity contribution in [2.45, 2.75) is 9.79 Å². The molecule has 0 bridgehead atoms. The molecule has 0 fully saturated rings. The molecule has 140 valence electrons. The summed E-state index contributed by atoms with van der Waals surface area (Å²) in [7, 11) is -6.40. The molecule has 0 aliphatic carbocycles. The molecular weight excluding hydrogens is 384 g/mol. The lowest BCUT2D eigenvalue weighted by atomic mass is 10.3. The van der Waals surface area contributed by atoms with E-state index in [9.17, 15) is 16.8 Å². The van der Waals surface area contributed by atoms with E-state index in [1.165, 1.54) is 25.2 Å². The molecule has 0 radical (unpaired) electrons. The van der Waals surface area contributed by atoms with Gasteiger partial charge in [0, 0.05) is 12.7 Å². The van der Waals surface area contributed by atoms with Gasteiger partial charge >= 0.3 is 0 Å². The summed E-state index contributed by atoms with van der Waals surface area (Å²) >= 11 is 0. The first-order valence-corrected chi connectivity index (χ1v) is 10.9. The van der Waals surface area contributed by atoms with Gasteiger partial charge in [-0.3, -0.25) is 9.03 Å². The van der Waals surface area contributed by atoms with E-state index < -0.39 is 20.0 Å². The minimum Gasteiger partial charge on any atom is -0.280 e. The van der Waals surface area contributed by atoms with Gasteiger partial charge in [-0.1, -0.05) is 42.5 Å². The highest BCUT2D eigenvalue weighted by Crippen LogP contribution is 2.24. The minimum absolute atomic E-state index is 0.107. The number of sulfonamides is 2.